The van der Waals surface area contributed by atoms with E-state index in [2.05, 4.69) is 35.7 Å². The van der Waals surface area contributed by atoms with Crippen LogP contribution in [0.25, 0.3) is 10.9 Å². The average Bonchev–Trinajstić information content (AvgIpc) is 3.23. The van der Waals surface area contributed by atoms with Crippen molar-refractivity contribution in [1.82, 2.24) is 14.8 Å². The minimum Gasteiger partial charge on any atom is -0.348 e. The first-order chi connectivity index (χ1) is 14.0. The van der Waals surface area contributed by atoms with Gasteiger partial charge in [0, 0.05) is 41.3 Å². The normalized spacial score (nSPS) is 17.2. The third-order valence-corrected chi connectivity index (χ3v) is 6.05. The predicted molar refractivity (Wildman–Crippen MR) is 115 cm³/mol. The molecule has 0 unspecified atom stereocenters. The fourth-order valence-electron chi connectivity index (χ4n) is 4.44. The van der Waals surface area contributed by atoms with Crippen LogP contribution in [0.3, 0.4) is 0 Å². The molecule has 2 heterocycles. The van der Waals surface area contributed by atoms with E-state index in [9.17, 15) is 9.18 Å². The fraction of sp³-hybridized carbons (Fsp3) is 0.375. The Labute approximate surface area is 171 Å². The number of rotatable bonds is 5. The number of aromatic nitrogens is 1. The molecule has 0 spiro atoms. The Kier molecular flexibility index (Phi) is 5.41. The van der Waals surface area contributed by atoms with Gasteiger partial charge in [-0.3, -0.25) is 4.79 Å². The van der Waals surface area contributed by atoms with Gasteiger partial charge in [-0.1, -0.05) is 19.1 Å². The zero-order valence-electron chi connectivity index (χ0n) is 17.3. The van der Waals surface area contributed by atoms with Crippen LogP contribution in [0.2, 0.25) is 0 Å². The largest absolute Gasteiger partial charge is 0.348 e. The molecular formula is C24H28FN3O. The topological polar surface area (TPSA) is 37.3 Å². The summed E-state index contributed by atoms with van der Waals surface area (Å²) in [5, 5.41) is 4.30. The summed E-state index contributed by atoms with van der Waals surface area (Å²) in [4.78, 5) is 15.0. The van der Waals surface area contributed by atoms with E-state index in [4.69, 9.17) is 0 Å². The first kappa shape index (κ1) is 19.6. The number of hydrogen-bond acceptors (Lipinski definition) is 2. The van der Waals surface area contributed by atoms with Crippen LogP contribution in [-0.2, 0) is 13.0 Å². The number of amides is 1. The number of fused-ring (bicyclic) bond motifs is 1. The number of carbonyl (C=O) groups is 1. The van der Waals surface area contributed by atoms with Crippen LogP contribution in [0.5, 0.6) is 0 Å². The number of aryl methyl sites for hydroxylation is 1. The van der Waals surface area contributed by atoms with Gasteiger partial charge in [-0.15, -0.1) is 0 Å². The van der Waals surface area contributed by atoms with E-state index in [0.29, 0.717) is 12.1 Å². The zero-order valence-corrected chi connectivity index (χ0v) is 17.3. The number of carbonyl (C=O) groups excluding carboxylic acids is 1. The highest BCUT2D eigenvalue weighted by Gasteiger charge is 2.22. The number of likely N-dealkylation sites (N-methyl/N-ethyl adjacent to an activating group) is 1. The van der Waals surface area contributed by atoms with Gasteiger partial charge >= 0.3 is 0 Å². The molecule has 1 aliphatic rings. The summed E-state index contributed by atoms with van der Waals surface area (Å²) in [5.41, 5.74) is 5.34. The number of hydrogen-bond donors (Lipinski definition) is 1. The second-order valence-corrected chi connectivity index (χ2v) is 8.08. The van der Waals surface area contributed by atoms with Crippen molar-refractivity contribution >= 4 is 16.8 Å². The van der Waals surface area contributed by atoms with Gasteiger partial charge in [-0.25, -0.2) is 4.39 Å². The number of nitrogens with zero attached hydrogens (tertiary/aromatic N) is 2. The molecule has 1 saturated heterocycles. The molecule has 2 aromatic carbocycles. The van der Waals surface area contributed by atoms with Gasteiger partial charge in [0.15, 0.2) is 0 Å². The molecule has 1 fully saturated rings. The average molecular weight is 394 g/mol. The van der Waals surface area contributed by atoms with E-state index in [1.807, 2.05) is 30.3 Å². The van der Waals surface area contributed by atoms with Crippen molar-refractivity contribution in [1.29, 1.82) is 0 Å². The fourth-order valence-corrected chi connectivity index (χ4v) is 4.44. The zero-order chi connectivity index (χ0) is 20.5. The molecular weight excluding hydrogens is 365 g/mol. The maximum Gasteiger partial charge on any atom is 0.251 e. The van der Waals surface area contributed by atoms with Gasteiger partial charge in [0.05, 0.1) is 0 Å². The Balaban J connectivity index is 1.65. The van der Waals surface area contributed by atoms with Crippen LogP contribution < -0.4 is 5.32 Å². The number of halogens is 1. The van der Waals surface area contributed by atoms with Gasteiger partial charge in [0.25, 0.3) is 5.91 Å². The molecule has 1 aromatic heterocycles. The van der Waals surface area contributed by atoms with Crippen LogP contribution in [0.1, 0.15) is 40.5 Å². The SMILES string of the molecule is CCc1c(C)n(Cc2ccc(F)cc2)c2ccc(C(=O)N[C@H]3CCN(C)C3)cc12. The van der Waals surface area contributed by atoms with Crippen LogP contribution in [0, 0.1) is 12.7 Å². The number of nitrogens with one attached hydrogen (secondary N) is 1. The Bertz CT molecular complexity index is 1040. The smallest absolute Gasteiger partial charge is 0.251 e. The molecule has 29 heavy (non-hydrogen) atoms. The van der Waals surface area contributed by atoms with Crippen LogP contribution in [0.4, 0.5) is 4.39 Å². The van der Waals surface area contributed by atoms with Crippen molar-refractivity contribution in [2.45, 2.75) is 39.3 Å². The van der Waals surface area contributed by atoms with Gasteiger partial charge < -0.3 is 14.8 Å². The second-order valence-electron chi connectivity index (χ2n) is 8.08. The van der Waals surface area contributed by atoms with Gasteiger partial charge in [-0.05, 0) is 74.8 Å². The summed E-state index contributed by atoms with van der Waals surface area (Å²) in [6, 6.07) is 12.9. The first-order valence-corrected chi connectivity index (χ1v) is 10.3. The number of benzene rings is 2. The molecule has 152 valence electrons. The maximum absolute atomic E-state index is 13.3. The summed E-state index contributed by atoms with van der Waals surface area (Å²) in [7, 11) is 2.08. The van der Waals surface area contributed by atoms with E-state index in [1.165, 1.54) is 23.4 Å². The molecule has 5 heteroatoms. The molecule has 0 aliphatic carbocycles. The van der Waals surface area contributed by atoms with Crippen molar-refractivity contribution in [2.24, 2.45) is 0 Å². The lowest BCUT2D eigenvalue weighted by molar-refractivity contribution is 0.0938. The number of likely N-dealkylation sites (tertiary alicyclic amines) is 1. The van der Waals surface area contributed by atoms with Crippen molar-refractivity contribution in [3.63, 3.8) is 0 Å². The molecule has 0 radical (unpaired) electrons. The van der Waals surface area contributed by atoms with Crippen LogP contribution in [0.15, 0.2) is 42.5 Å². The van der Waals surface area contributed by atoms with E-state index in [0.717, 1.165) is 42.4 Å². The van der Waals surface area contributed by atoms with Gasteiger partial charge in [0.1, 0.15) is 5.82 Å². The van der Waals surface area contributed by atoms with Crippen molar-refractivity contribution in [3.8, 4) is 0 Å². The van der Waals surface area contributed by atoms with E-state index in [-0.39, 0.29) is 17.8 Å². The lowest BCUT2D eigenvalue weighted by Crippen LogP contribution is -2.36. The molecule has 1 N–H and O–H groups in total. The summed E-state index contributed by atoms with van der Waals surface area (Å²) in [6.45, 7) is 6.88. The highest BCUT2D eigenvalue weighted by Crippen LogP contribution is 2.28. The molecule has 4 rings (SSSR count). The minimum absolute atomic E-state index is 0.00168. The van der Waals surface area contributed by atoms with E-state index in [1.54, 1.807) is 0 Å². The van der Waals surface area contributed by atoms with E-state index >= 15 is 0 Å². The maximum atomic E-state index is 13.3. The molecule has 1 amide bonds. The lowest BCUT2D eigenvalue weighted by Gasteiger charge is -2.13. The van der Waals surface area contributed by atoms with Crippen molar-refractivity contribution in [2.75, 3.05) is 20.1 Å². The van der Waals surface area contributed by atoms with Gasteiger partial charge in [-0.2, -0.15) is 0 Å². The third kappa shape index (κ3) is 3.92. The van der Waals surface area contributed by atoms with E-state index < -0.39 is 0 Å². The summed E-state index contributed by atoms with van der Waals surface area (Å²) in [6.07, 6.45) is 1.90. The summed E-state index contributed by atoms with van der Waals surface area (Å²) in [5.74, 6) is -0.223. The Morgan fingerprint density at radius 1 is 1.21 bits per heavy atom. The Morgan fingerprint density at radius 2 is 1.97 bits per heavy atom. The molecule has 1 atom stereocenters. The lowest BCUT2D eigenvalue weighted by atomic mass is 10.1. The Hall–Kier alpha value is -2.66. The molecule has 4 nitrogen and oxygen atoms in total. The van der Waals surface area contributed by atoms with Gasteiger partial charge in [0.2, 0.25) is 0 Å². The quantitative estimate of drug-likeness (QED) is 0.708. The molecule has 0 bridgehead atoms. The third-order valence-electron chi connectivity index (χ3n) is 6.05. The highest BCUT2D eigenvalue weighted by atomic mass is 19.1. The first-order valence-electron chi connectivity index (χ1n) is 10.3. The van der Waals surface area contributed by atoms with Crippen molar-refractivity contribution < 1.29 is 9.18 Å². The monoisotopic (exact) mass is 393 g/mol. The van der Waals surface area contributed by atoms with Crippen LogP contribution >= 0.6 is 0 Å². The second kappa shape index (κ2) is 7.99. The standard InChI is InChI=1S/C24H28FN3O/c1-4-21-16(2)28(14-17-5-8-19(25)9-6-17)23-10-7-18(13-22(21)23)24(29)26-20-11-12-27(3)15-20/h5-10,13,20H,4,11-12,14-15H2,1-3H3,(H,26,29)/t20-/m0/s1. The molecule has 1 aliphatic heterocycles. The molecule has 0 saturated carbocycles. The summed E-state index contributed by atoms with van der Waals surface area (Å²) >= 11 is 0. The highest BCUT2D eigenvalue weighted by molar-refractivity contribution is 5.99. The predicted octanol–water partition coefficient (Wildman–Crippen LogP) is 4.13. The summed E-state index contributed by atoms with van der Waals surface area (Å²) < 4.78 is 15.5. The molecule has 3 aromatic rings. The van der Waals surface area contributed by atoms with Crippen LogP contribution in [-0.4, -0.2) is 41.6 Å². The Morgan fingerprint density at radius 3 is 2.62 bits per heavy atom. The minimum atomic E-state index is -0.221. The van der Waals surface area contributed by atoms with Crippen molar-refractivity contribution in [3.05, 3.63) is 70.7 Å².